The maximum atomic E-state index is 12.5. The number of carbonyl (C=O) groups excluding carboxylic acids is 1. The van der Waals surface area contributed by atoms with Gasteiger partial charge in [-0.1, -0.05) is 35.9 Å². The molecule has 0 radical (unpaired) electrons. The Kier molecular flexibility index (Phi) is 1.76. The molecule has 0 heterocycles. The molecule has 1 saturated carbocycles. The maximum Gasteiger partial charge on any atom is 0.144 e. The highest BCUT2D eigenvalue weighted by molar-refractivity contribution is 5.90. The van der Waals surface area contributed by atoms with Gasteiger partial charge in [0, 0.05) is 11.8 Å². The van der Waals surface area contributed by atoms with Gasteiger partial charge in [-0.2, -0.15) is 0 Å². The smallest absolute Gasteiger partial charge is 0.144 e. The molecule has 1 fully saturated rings. The van der Waals surface area contributed by atoms with Crippen molar-refractivity contribution in [1.82, 2.24) is 0 Å². The van der Waals surface area contributed by atoms with Crippen LogP contribution in [0.2, 0.25) is 0 Å². The number of hydrogen-bond acceptors (Lipinski definition) is 1. The van der Waals surface area contributed by atoms with Crippen molar-refractivity contribution in [3.8, 4) is 0 Å². The van der Waals surface area contributed by atoms with Crippen molar-refractivity contribution in [2.75, 3.05) is 0 Å². The highest BCUT2D eigenvalue weighted by atomic mass is 16.1. The molecule has 1 aromatic rings. The van der Waals surface area contributed by atoms with Crippen LogP contribution in [0, 0.1) is 11.3 Å². The van der Waals surface area contributed by atoms with Crippen molar-refractivity contribution >= 4 is 5.78 Å². The van der Waals surface area contributed by atoms with E-state index in [4.69, 9.17) is 0 Å². The van der Waals surface area contributed by atoms with E-state index in [9.17, 15) is 4.79 Å². The van der Waals surface area contributed by atoms with E-state index < -0.39 is 0 Å². The number of fused-ring (bicyclic) bond motifs is 4. The van der Waals surface area contributed by atoms with Gasteiger partial charge in [-0.05, 0) is 42.7 Å². The van der Waals surface area contributed by atoms with Gasteiger partial charge in [0.2, 0.25) is 0 Å². The lowest BCUT2D eigenvalue weighted by Gasteiger charge is -2.38. The fraction of sp³-hybridized carbons (Fsp3) is 0.438. The molecule has 17 heavy (non-hydrogen) atoms. The number of ketones is 1. The third-order valence-electron chi connectivity index (χ3n) is 5.05. The minimum Gasteiger partial charge on any atom is -0.299 e. The summed E-state index contributed by atoms with van der Waals surface area (Å²) in [7, 11) is 0. The van der Waals surface area contributed by atoms with E-state index >= 15 is 0 Å². The van der Waals surface area contributed by atoms with Crippen LogP contribution in [0.1, 0.15) is 30.4 Å². The topological polar surface area (TPSA) is 17.1 Å². The Morgan fingerprint density at radius 1 is 1.12 bits per heavy atom. The van der Waals surface area contributed by atoms with Crippen LogP contribution in [-0.4, -0.2) is 5.78 Å². The molecule has 4 rings (SSSR count). The third-order valence-corrected chi connectivity index (χ3v) is 5.05. The Hall–Kier alpha value is -1.37. The molecular weight excluding hydrogens is 208 g/mol. The summed E-state index contributed by atoms with van der Waals surface area (Å²) >= 11 is 0. The molecule has 1 nitrogen and oxygen atoms in total. The first-order valence-corrected chi connectivity index (χ1v) is 6.56. The molecule has 1 aromatic carbocycles. The molecule has 0 saturated heterocycles. The second-order valence-corrected chi connectivity index (χ2v) is 5.88. The Bertz CT molecular complexity index is 540. The van der Waals surface area contributed by atoms with E-state index in [1.54, 1.807) is 5.57 Å². The van der Waals surface area contributed by atoms with Crippen molar-refractivity contribution in [3.05, 3.63) is 47.0 Å². The Morgan fingerprint density at radius 3 is 2.65 bits per heavy atom. The fourth-order valence-corrected chi connectivity index (χ4v) is 4.13. The molecule has 0 N–H and O–H groups in total. The Balaban J connectivity index is 1.81. The molecule has 1 spiro atoms. The lowest BCUT2D eigenvalue weighted by atomic mass is 9.63. The van der Waals surface area contributed by atoms with Crippen LogP contribution in [-0.2, 0) is 17.6 Å². The van der Waals surface area contributed by atoms with E-state index in [-0.39, 0.29) is 5.41 Å². The van der Waals surface area contributed by atoms with Crippen molar-refractivity contribution < 1.29 is 4.79 Å². The molecule has 3 aliphatic carbocycles. The summed E-state index contributed by atoms with van der Waals surface area (Å²) in [6.45, 7) is 0. The summed E-state index contributed by atoms with van der Waals surface area (Å²) in [6, 6.07) is 8.48. The van der Waals surface area contributed by atoms with Gasteiger partial charge in [-0.25, -0.2) is 0 Å². The first kappa shape index (κ1) is 9.64. The van der Waals surface area contributed by atoms with Gasteiger partial charge in [0.25, 0.3) is 0 Å². The highest BCUT2D eigenvalue weighted by Crippen LogP contribution is 2.56. The lowest BCUT2D eigenvalue weighted by Crippen LogP contribution is -2.42. The number of Topliss-reactive ketones (excluding diaryl/α,β-unsaturated/α-hetero) is 1. The summed E-state index contributed by atoms with van der Waals surface area (Å²) in [4.78, 5) is 12.5. The number of benzene rings is 1. The van der Waals surface area contributed by atoms with Crippen LogP contribution in [0.4, 0.5) is 0 Å². The van der Waals surface area contributed by atoms with Crippen molar-refractivity contribution in [3.63, 3.8) is 0 Å². The predicted molar refractivity (Wildman–Crippen MR) is 66.7 cm³/mol. The number of rotatable bonds is 0. The van der Waals surface area contributed by atoms with Crippen molar-refractivity contribution in [1.29, 1.82) is 0 Å². The largest absolute Gasteiger partial charge is 0.299 e. The van der Waals surface area contributed by atoms with Crippen molar-refractivity contribution in [2.24, 2.45) is 11.3 Å². The summed E-state index contributed by atoms with van der Waals surface area (Å²) < 4.78 is 0. The number of allylic oxidation sites excluding steroid dienone is 2. The molecule has 3 aliphatic rings. The second kappa shape index (κ2) is 3.10. The van der Waals surface area contributed by atoms with E-state index in [1.165, 1.54) is 17.5 Å². The molecule has 0 aliphatic heterocycles. The van der Waals surface area contributed by atoms with Gasteiger partial charge in [-0.15, -0.1) is 0 Å². The molecule has 86 valence electrons. The average Bonchev–Trinajstić information content (AvgIpc) is 2.91. The van der Waals surface area contributed by atoms with E-state index in [2.05, 4.69) is 24.3 Å². The van der Waals surface area contributed by atoms with Gasteiger partial charge in [0.1, 0.15) is 5.78 Å². The van der Waals surface area contributed by atoms with Crippen LogP contribution in [0.3, 0.4) is 0 Å². The zero-order valence-corrected chi connectivity index (χ0v) is 9.91. The minimum absolute atomic E-state index is 0.0154. The molecular formula is C16H16O. The van der Waals surface area contributed by atoms with Gasteiger partial charge in [0.05, 0.1) is 0 Å². The molecule has 0 aromatic heterocycles. The first-order chi connectivity index (χ1) is 8.28. The molecule has 2 bridgehead atoms. The zero-order chi connectivity index (χ0) is 11.5. The number of hydrogen-bond donors (Lipinski definition) is 0. The van der Waals surface area contributed by atoms with Crippen molar-refractivity contribution in [2.45, 2.75) is 32.1 Å². The molecule has 2 atom stereocenters. The summed E-state index contributed by atoms with van der Waals surface area (Å²) in [5.74, 6) is 1.11. The van der Waals surface area contributed by atoms with Gasteiger partial charge in [-0.3, -0.25) is 4.79 Å². The quantitative estimate of drug-likeness (QED) is 0.619. The monoisotopic (exact) mass is 224 g/mol. The normalized spacial score (nSPS) is 34.0. The van der Waals surface area contributed by atoms with Crippen LogP contribution >= 0.6 is 0 Å². The summed E-state index contributed by atoms with van der Waals surface area (Å²) in [5, 5.41) is 0. The maximum absolute atomic E-state index is 12.5. The van der Waals surface area contributed by atoms with Crippen LogP contribution in [0.5, 0.6) is 0 Å². The van der Waals surface area contributed by atoms with E-state index in [0.717, 1.165) is 19.3 Å². The van der Waals surface area contributed by atoms with Gasteiger partial charge < -0.3 is 0 Å². The minimum atomic E-state index is -0.0154. The van der Waals surface area contributed by atoms with E-state index in [1.807, 2.05) is 6.07 Å². The fourth-order valence-electron chi connectivity index (χ4n) is 4.13. The third kappa shape index (κ3) is 1.17. The lowest BCUT2D eigenvalue weighted by molar-refractivity contribution is -0.131. The predicted octanol–water partition coefficient (Wildman–Crippen LogP) is 3.08. The molecule has 1 heteroatoms. The Labute approximate surface area is 102 Å². The summed E-state index contributed by atoms with van der Waals surface area (Å²) in [6.07, 6.45) is 7.40. The first-order valence-electron chi connectivity index (χ1n) is 6.56. The Morgan fingerprint density at radius 2 is 1.94 bits per heavy atom. The number of carbonyl (C=O) groups is 1. The van der Waals surface area contributed by atoms with Gasteiger partial charge in [0.15, 0.2) is 0 Å². The van der Waals surface area contributed by atoms with Crippen LogP contribution in [0.25, 0.3) is 0 Å². The highest BCUT2D eigenvalue weighted by Gasteiger charge is 2.53. The molecule has 0 amide bonds. The van der Waals surface area contributed by atoms with Crippen LogP contribution in [0.15, 0.2) is 35.9 Å². The summed E-state index contributed by atoms with van der Waals surface area (Å²) in [5.41, 5.74) is 4.21. The molecule has 2 unspecified atom stereocenters. The zero-order valence-electron chi connectivity index (χ0n) is 9.91. The SMILES string of the molecule is O=C1Cc2ccccc2CC12CC1=CCC2C1. The van der Waals surface area contributed by atoms with E-state index in [0.29, 0.717) is 18.1 Å². The van der Waals surface area contributed by atoms with Gasteiger partial charge >= 0.3 is 0 Å². The second-order valence-electron chi connectivity index (χ2n) is 5.88. The van der Waals surface area contributed by atoms with Crippen LogP contribution < -0.4 is 0 Å². The average molecular weight is 224 g/mol. The standard InChI is InChI=1S/C16H16O/c17-15-8-12-3-1-2-4-13(12)10-16(15)9-11-5-6-14(16)7-11/h1-5,14H,6-10H2.